The number of hydrogen-bond donors (Lipinski definition) is 2. The fraction of sp³-hybridized carbons (Fsp3) is 0.533. The molecule has 4 heterocycles. The van der Waals surface area contributed by atoms with Crippen LogP contribution in [0.2, 0.25) is 0 Å². The van der Waals surface area contributed by atoms with Gasteiger partial charge in [0.05, 0.1) is 17.5 Å². The first kappa shape index (κ1) is 13.5. The number of nitrogens with two attached hydrogens (primary N) is 1. The average Bonchev–Trinajstić information content (AvgIpc) is 3.19. The highest BCUT2D eigenvalue weighted by molar-refractivity contribution is 5.87. The van der Waals surface area contributed by atoms with Gasteiger partial charge in [0.15, 0.2) is 0 Å². The summed E-state index contributed by atoms with van der Waals surface area (Å²) >= 11 is 0. The minimum atomic E-state index is -0.0793. The lowest BCUT2D eigenvalue weighted by Crippen LogP contribution is -2.70. The van der Waals surface area contributed by atoms with Crippen LogP contribution < -0.4 is 10.6 Å². The number of nitrogens with zero attached hydrogens (tertiary/aromatic N) is 4. The maximum Gasteiger partial charge on any atom is 0.236 e. The fourth-order valence-corrected chi connectivity index (χ4v) is 3.97. The van der Waals surface area contributed by atoms with E-state index >= 15 is 0 Å². The number of aromatic nitrogens is 3. The largest absolute Gasteiger partial charge is 0.353 e. The van der Waals surface area contributed by atoms with Crippen LogP contribution in [0.15, 0.2) is 18.6 Å². The molecule has 0 bridgehead atoms. The number of rotatable bonds is 2. The minimum absolute atomic E-state index is 0.0504. The molecule has 2 aliphatic heterocycles. The Hall–Kier alpha value is -2.15. The number of fused-ring (bicyclic) bond motifs is 1. The van der Waals surface area contributed by atoms with Gasteiger partial charge in [-0.2, -0.15) is 0 Å². The third-order valence-corrected chi connectivity index (χ3v) is 5.30. The summed E-state index contributed by atoms with van der Waals surface area (Å²) < 4.78 is 0. The number of nitrogens with one attached hydrogen (secondary N) is 1. The second kappa shape index (κ2) is 4.67. The summed E-state index contributed by atoms with van der Waals surface area (Å²) in [6.07, 6.45) is 4.44. The van der Waals surface area contributed by atoms with Crippen molar-refractivity contribution in [3.05, 3.63) is 18.6 Å². The second-order valence-corrected chi connectivity index (χ2v) is 6.32. The number of aromatic amines is 1. The quantitative estimate of drug-likeness (QED) is 0.835. The highest BCUT2D eigenvalue weighted by Gasteiger charge is 2.56. The molecule has 3 N–H and O–H groups in total. The maximum atomic E-state index is 12.1. The van der Waals surface area contributed by atoms with Crippen molar-refractivity contribution < 1.29 is 4.79 Å². The molecule has 1 amide bonds. The van der Waals surface area contributed by atoms with E-state index in [2.05, 4.69) is 26.8 Å². The van der Waals surface area contributed by atoms with Gasteiger partial charge in [-0.1, -0.05) is 6.92 Å². The summed E-state index contributed by atoms with van der Waals surface area (Å²) in [5.74, 6) is 1.49. The van der Waals surface area contributed by atoms with Gasteiger partial charge >= 0.3 is 0 Å². The summed E-state index contributed by atoms with van der Waals surface area (Å²) in [5.41, 5.74) is 6.33. The van der Waals surface area contributed by atoms with Crippen LogP contribution in [0.5, 0.6) is 0 Å². The topological polar surface area (TPSA) is 91.1 Å². The van der Waals surface area contributed by atoms with Crippen LogP contribution in [-0.2, 0) is 4.79 Å². The van der Waals surface area contributed by atoms with Gasteiger partial charge in [-0.25, -0.2) is 9.97 Å². The lowest BCUT2D eigenvalue weighted by Gasteiger charge is -2.56. The molecule has 2 atom stereocenters. The molecular formula is C15H20N6O. The Labute approximate surface area is 128 Å². The Morgan fingerprint density at radius 3 is 3.18 bits per heavy atom. The summed E-state index contributed by atoms with van der Waals surface area (Å²) in [7, 11) is 0. The van der Waals surface area contributed by atoms with E-state index in [1.165, 1.54) is 0 Å². The third-order valence-electron chi connectivity index (χ3n) is 5.30. The first-order valence-corrected chi connectivity index (χ1v) is 7.69. The van der Waals surface area contributed by atoms with E-state index in [9.17, 15) is 4.79 Å². The number of carbonyl (C=O) groups excluding carboxylic acids is 1. The monoisotopic (exact) mass is 300 g/mol. The molecule has 2 aliphatic rings. The summed E-state index contributed by atoms with van der Waals surface area (Å²) in [4.78, 5) is 28.1. The van der Waals surface area contributed by atoms with Crippen LogP contribution in [0, 0.1) is 5.92 Å². The fourth-order valence-electron chi connectivity index (χ4n) is 3.97. The summed E-state index contributed by atoms with van der Waals surface area (Å²) in [6.45, 7) is 4.83. The van der Waals surface area contributed by atoms with Crippen molar-refractivity contribution in [2.75, 3.05) is 31.1 Å². The second-order valence-electron chi connectivity index (χ2n) is 6.32. The highest BCUT2D eigenvalue weighted by Crippen LogP contribution is 2.44. The zero-order valence-corrected chi connectivity index (χ0v) is 12.6. The van der Waals surface area contributed by atoms with Crippen LogP contribution >= 0.6 is 0 Å². The van der Waals surface area contributed by atoms with Gasteiger partial charge in [-0.05, 0) is 18.4 Å². The molecule has 0 aliphatic carbocycles. The van der Waals surface area contributed by atoms with Crippen molar-refractivity contribution in [2.24, 2.45) is 11.7 Å². The molecule has 22 heavy (non-hydrogen) atoms. The van der Waals surface area contributed by atoms with E-state index in [1.807, 2.05) is 17.2 Å². The van der Waals surface area contributed by atoms with Gasteiger partial charge in [0.25, 0.3) is 0 Å². The van der Waals surface area contributed by atoms with Crippen molar-refractivity contribution in [2.45, 2.75) is 18.9 Å². The Morgan fingerprint density at radius 2 is 2.41 bits per heavy atom. The van der Waals surface area contributed by atoms with Gasteiger partial charge in [0, 0.05) is 25.8 Å². The molecule has 0 radical (unpaired) electrons. The number of amides is 1. The minimum Gasteiger partial charge on any atom is -0.353 e. The zero-order chi connectivity index (χ0) is 15.3. The molecule has 1 spiro atoms. The Balaban J connectivity index is 1.65. The average molecular weight is 300 g/mol. The normalized spacial score (nSPS) is 27.6. The molecule has 2 saturated heterocycles. The lowest BCUT2D eigenvalue weighted by atomic mass is 9.74. The maximum absolute atomic E-state index is 12.1. The van der Waals surface area contributed by atoms with Crippen LogP contribution in [0.3, 0.4) is 0 Å². The predicted octanol–water partition coefficient (Wildman–Crippen LogP) is 0.344. The van der Waals surface area contributed by atoms with E-state index < -0.39 is 0 Å². The zero-order valence-electron chi connectivity index (χ0n) is 12.6. The van der Waals surface area contributed by atoms with Crippen molar-refractivity contribution in [3.8, 4) is 0 Å². The number of likely N-dealkylation sites (tertiary alicyclic amines) is 1. The number of hydrogen-bond acceptors (Lipinski definition) is 5. The van der Waals surface area contributed by atoms with E-state index in [-0.39, 0.29) is 18.0 Å². The third kappa shape index (κ3) is 1.68. The van der Waals surface area contributed by atoms with Gasteiger partial charge in [-0.15, -0.1) is 0 Å². The van der Waals surface area contributed by atoms with Crippen LogP contribution in [-0.4, -0.2) is 57.5 Å². The van der Waals surface area contributed by atoms with E-state index in [4.69, 9.17) is 5.73 Å². The highest BCUT2D eigenvalue weighted by atomic mass is 16.2. The predicted molar refractivity (Wildman–Crippen MR) is 83.4 cm³/mol. The van der Waals surface area contributed by atoms with Crippen LogP contribution in [0.4, 0.5) is 5.82 Å². The molecule has 0 aromatic carbocycles. The molecule has 2 unspecified atom stereocenters. The van der Waals surface area contributed by atoms with Crippen LogP contribution in [0.25, 0.3) is 11.0 Å². The van der Waals surface area contributed by atoms with E-state index in [0.29, 0.717) is 5.92 Å². The number of carbonyl (C=O) groups is 1. The summed E-state index contributed by atoms with van der Waals surface area (Å²) in [5, 5.41) is 1.03. The molecule has 7 heteroatoms. The van der Waals surface area contributed by atoms with Gasteiger partial charge < -0.3 is 20.5 Å². The molecule has 4 rings (SSSR count). The first-order valence-electron chi connectivity index (χ1n) is 7.69. The van der Waals surface area contributed by atoms with E-state index in [0.717, 1.165) is 42.9 Å². The van der Waals surface area contributed by atoms with Gasteiger partial charge in [0.1, 0.15) is 17.8 Å². The molecule has 2 aromatic rings. The molecule has 116 valence electrons. The standard InChI is InChI=1S/C15H20N6O/c1-10-7-21(12(22)6-16)15(10)3-5-20(8-15)14-11-2-4-17-13(11)18-9-19-14/h2,4,9-10H,3,5-8,16H2,1H3,(H,17,18,19). The van der Waals surface area contributed by atoms with Gasteiger partial charge in [0.2, 0.25) is 5.91 Å². The van der Waals surface area contributed by atoms with Gasteiger partial charge in [-0.3, -0.25) is 4.79 Å². The van der Waals surface area contributed by atoms with Crippen molar-refractivity contribution in [1.29, 1.82) is 0 Å². The Kier molecular flexibility index (Phi) is 2.87. The summed E-state index contributed by atoms with van der Waals surface area (Å²) in [6, 6.07) is 2.00. The van der Waals surface area contributed by atoms with Crippen LogP contribution in [0.1, 0.15) is 13.3 Å². The van der Waals surface area contributed by atoms with Crippen molar-refractivity contribution in [1.82, 2.24) is 19.9 Å². The molecular weight excluding hydrogens is 280 g/mol. The lowest BCUT2D eigenvalue weighted by molar-refractivity contribution is -0.152. The van der Waals surface area contributed by atoms with Crippen molar-refractivity contribution in [3.63, 3.8) is 0 Å². The Bertz CT molecular complexity index is 728. The smallest absolute Gasteiger partial charge is 0.236 e. The number of H-pyrrole nitrogens is 1. The SMILES string of the molecule is CC1CN(C(=O)CN)C12CCN(c1ncnc3[nH]ccc13)C2. The Morgan fingerprint density at radius 1 is 1.55 bits per heavy atom. The molecule has 7 nitrogen and oxygen atoms in total. The molecule has 2 aromatic heterocycles. The number of anilines is 1. The van der Waals surface area contributed by atoms with E-state index in [1.54, 1.807) is 6.33 Å². The van der Waals surface area contributed by atoms with Crippen molar-refractivity contribution >= 4 is 22.8 Å². The molecule has 2 fully saturated rings. The molecule has 0 saturated carbocycles. The first-order chi connectivity index (χ1) is 10.7.